The molecule has 140 valence electrons. The van der Waals surface area contributed by atoms with Crippen molar-refractivity contribution < 1.29 is 17.9 Å². The molecular formula is C19H24N2O4S. The molecule has 0 aliphatic rings. The first-order chi connectivity index (χ1) is 12.3. The summed E-state index contributed by atoms with van der Waals surface area (Å²) >= 11 is 0. The van der Waals surface area contributed by atoms with E-state index >= 15 is 0 Å². The van der Waals surface area contributed by atoms with Crippen molar-refractivity contribution in [3.8, 4) is 5.75 Å². The van der Waals surface area contributed by atoms with Gasteiger partial charge in [0.15, 0.2) is 0 Å². The average molecular weight is 376 g/mol. The Morgan fingerprint density at radius 3 is 2.46 bits per heavy atom. The van der Waals surface area contributed by atoms with E-state index in [2.05, 4.69) is 10.0 Å². The van der Waals surface area contributed by atoms with Gasteiger partial charge < -0.3 is 10.1 Å². The number of hydrogen-bond donors (Lipinski definition) is 2. The second-order valence-corrected chi connectivity index (χ2v) is 7.60. The van der Waals surface area contributed by atoms with Crippen LogP contribution in [-0.4, -0.2) is 27.5 Å². The second kappa shape index (κ2) is 8.33. The molecule has 2 aromatic carbocycles. The Bertz CT molecular complexity index is 908. The molecule has 0 bridgehead atoms. The molecule has 0 atom stereocenters. The summed E-state index contributed by atoms with van der Waals surface area (Å²) in [5.41, 5.74) is 2.88. The van der Waals surface area contributed by atoms with Crippen molar-refractivity contribution in [1.82, 2.24) is 4.72 Å². The Hall–Kier alpha value is -2.38. The van der Waals surface area contributed by atoms with Crippen LogP contribution in [0.15, 0.2) is 41.3 Å². The number of benzene rings is 2. The van der Waals surface area contributed by atoms with Gasteiger partial charge in [-0.15, -0.1) is 0 Å². The highest BCUT2D eigenvalue weighted by Crippen LogP contribution is 2.26. The summed E-state index contributed by atoms with van der Waals surface area (Å²) in [6, 6.07) is 10.1. The van der Waals surface area contributed by atoms with Crippen LogP contribution in [0.1, 0.15) is 35.3 Å². The number of carbonyl (C=O) groups excluding carboxylic acids is 1. The van der Waals surface area contributed by atoms with Crippen molar-refractivity contribution in [3.05, 3.63) is 53.1 Å². The molecular weight excluding hydrogens is 352 g/mol. The van der Waals surface area contributed by atoms with Crippen LogP contribution < -0.4 is 14.8 Å². The van der Waals surface area contributed by atoms with Gasteiger partial charge in [-0.2, -0.15) is 0 Å². The first kappa shape index (κ1) is 19.9. The normalized spacial score (nSPS) is 11.2. The van der Waals surface area contributed by atoms with Gasteiger partial charge in [0.25, 0.3) is 5.91 Å². The maximum Gasteiger partial charge on any atom is 0.255 e. The van der Waals surface area contributed by atoms with Crippen molar-refractivity contribution in [2.75, 3.05) is 18.5 Å². The molecule has 1 amide bonds. The molecule has 0 aliphatic heterocycles. The molecule has 6 nitrogen and oxygen atoms in total. The van der Waals surface area contributed by atoms with Gasteiger partial charge in [-0.1, -0.05) is 19.1 Å². The third-order valence-corrected chi connectivity index (χ3v) is 5.34. The van der Waals surface area contributed by atoms with Crippen LogP contribution in [0, 0.1) is 13.8 Å². The highest BCUT2D eigenvalue weighted by atomic mass is 32.2. The fourth-order valence-corrected chi connectivity index (χ4v) is 3.68. The number of amides is 1. The van der Waals surface area contributed by atoms with Crippen molar-refractivity contribution in [2.45, 2.75) is 32.6 Å². The van der Waals surface area contributed by atoms with Crippen LogP contribution >= 0.6 is 0 Å². The lowest BCUT2D eigenvalue weighted by atomic mass is 10.1. The van der Waals surface area contributed by atoms with E-state index in [4.69, 9.17) is 4.74 Å². The van der Waals surface area contributed by atoms with Crippen molar-refractivity contribution in [1.29, 1.82) is 0 Å². The number of aryl methyl sites for hydroxylation is 2. The van der Waals surface area contributed by atoms with Gasteiger partial charge in [0.05, 0.1) is 6.61 Å². The van der Waals surface area contributed by atoms with Gasteiger partial charge in [-0.25, -0.2) is 13.1 Å². The van der Waals surface area contributed by atoms with E-state index < -0.39 is 10.0 Å². The number of sulfonamides is 1. The highest BCUT2D eigenvalue weighted by molar-refractivity contribution is 7.89. The van der Waals surface area contributed by atoms with Gasteiger partial charge in [0, 0.05) is 17.8 Å². The first-order valence-electron chi connectivity index (χ1n) is 8.43. The topological polar surface area (TPSA) is 84.5 Å². The SMILES string of the molecule is CCNS(=O)(=O)c1cc(C(=O)Nc2cc(C)ccc2C)ccc1OCC. The third kappa shape index (κ3) is 4.62. The standard InChI is InChI=1S/C19H24N2O4S/c1-5-20-26(23,24)18-12-15(9-10-17(18)25-6-2)19(22)21-16-11-13(3)7-8-14(16)4/h7-12,20H,5-6H2,1-4H3,(H,21,22). The van der Waals surface area contributed by atoms with E-state index in [9.17, 15) is 13.2 Å². The minimum Gasteiger partial charge on any atom is -0.492 e. The third-order valence-electron chi connectivity index (χ3n) is 3.77. The lowest BCUT2D eigenvalue weighted by molar-refractivity contribution is 0.102. The van der Waals surface area contributed by atoms with E-state index in [1.807, 2.05) is 32.0 Å². The molecule has 2 rings (SSSR count). The molecule has 26 heavy (non-hydrogen) atoms. The van der Waals surface area contributed by atoms with E-state index in [1.54, 1.807) is 19.9 Å². The lowest BCUT2D eigenvalue weighted by Gasteiger charge is -2.14. The molecule has 2 N–H and O–H groups in total. The molecule has 0 spiro atoms. The van der Waals surface area contributed by atoms with E-state index in [0.717, 1.165) is 11.1 Å². The van der Waals surface area contributed by atoms with E-state index in [1.165, 1.54) is 12.1 Å². The van der Waals surface area contributed by atoms with Crippen LogP contribution in [-0.2, 0) is 10.0 Å². The Kier molecular flexibility index (Phi) is 6.39. The molecule has 0 fully saturated rings. The molecule has 2 aromatic rings. The molecule has 0 saturated carbocycles. The van der Waals surface area contributed by atoms with Gasteiger partial charge in [-0.05, 0) is 56.2 Å². The van der Waals surface area contributed by atoms with Crippen molar-refractivity contribution in [3.63, 3.8) is 0 Å². The molecule has 0 heterocycles. The quantitative estimate of drug-likeness (QED) is 0.777. The molecule has 0 saturated heterocycles. The smallest absolute Gasteiger partial charge is 0.255 e. The second-order valence-electron chi connectivity index (χ2n) is 5.87. The van der Waals surface area contributed by atoms with Crippen molar-refractivity contribution >= 4 is 21.6 Å². The van der Waals surface area contributed by atoms with Gasteiger partial charge in [0.2, 0.25) is 10.0 Å². The maximum absolute atomic E-state index is 12.6. The fraction of sp³-hybridized carbons (Fsp3) is 0.316. The lowest BCUT2D eigenvalue weighted by Crippen LogP contribution is -2.24. The van der Waals surface area contributed by atoms with Crippen LogP contribution in [0.4, 0.5) is 5.69 Å². The number of rotatable bonds is 7. The number of ether oxygens (including phenoxy) is 1. The molecule has 7 heteroatoms. The summed E-state index contributed by atoms with van der Waals surface area (Å²) in [4.78, 5) is 12.6. The largest absolute Gasteiger partial charge is 0.492 e. The number of nitrogens with one attached hydrogen (secondary N) is 2. The van der Waals surface area contributed by atoms with E-state index in [0.29, 0.717) is 12.3 Å². The fourth-order valence-electron chi connectivity index (χ4n) is 2.47. The monoisotopic (exact) mass is 376 g/mol. The zero-order valence-corrected chi connectivity index (χ0v) is 16.2. The van der Waals surface area contributed by atoms with Gasteiger partial charge in [0.1, 0.15) is 10.6 Å². The number of carbonyl (C=O) groups is 1. The summed E-state index contributed by atoms with van der Waals surface area (Å²) in [7, 11) is -3.76. The highest BCUT2D eigenvalue weighted by Gasteiger charge is 2.21. The van der Waals surface area contributed by atoms with Crippen LogP contribution in [0.25, 0.3) is 0 Å². The van der Waals surface area contributed by atoms with Gasteiger partial charge in [-0.3, -0.25) is 4.79 Å². The minimum absolute atomic E-state index is 0.0465. The summed E-state index contributed by atoms with van der Waals surface area (Å²) in [5, 5.41) is 2.83. The Morgan fingerprint density at radius 2 is 1.81 bits per heavy atom. The summed E-state index contributed by atoms with van der Waals surface area (Å²) in [6.45, 7) is 7.86. The first-order valence-corrected chi connectivity index (χ1v) is 9.92. The molecule has 0 radical (unpaired) electrons. The number of anilines is 1. The van der Waals surface area contributed by atoms with Gasteiger partial charge >= 0.3 is 0 Å². The summed E-state index contributed by atoms with van der Waals surface area (Å²) in [5.74, 6) is -0.161. The molecule has 0 aliphatic carbocycles. The molecule has 0 unspecified atom stereocenters. The van der Waals surface area contributed by atoms with Crippen LogP contribution in [0.3, 0.4) is 0 Å². The Balaban J connectivity index is 2.40. The predicted octanol–water partition coefficient (Wildman–Crippen LogP) is 3.25. The number of hydrogen-bond acceptors (Lipinski definition) is 4. The zero-order chi connectivity index (χ0) is 19.3. The Morgan fingerprint density at radius 1 is 1.08 bits per heavy atom. The average Bonchev–Trinajstić information content (AvgIpc) is 2.58. The maximum atomic E-state index is 12.6. The van der Waals surface area contributed by atoms with E-state index in [-0.39, 0.29) is 28.7 Å². The van der Waals surface area contributed by atoms with Crippen LogP contribution in [0.5, 0.6) is 5.75 Å². The molecule has 0 aromatic heterocycles. The predicted molar refractivity (Wildman–Crippen MR) is 102 cm³/mol. The summed E-state index contributed by atoms with van der Waals surface area (Å²) in [6.07, 6.45) is 0. The minimum atomic E-state index is -3.76. The summed E-state index contributed by atoms with van der Waals surface area (Å²) < 4.78 is 32.7. The zero-order valence-electron chi connectivity index (χ0n) is 15.4. The van der Waals surface area contributed by atoms with Crippen LogP contribution in [0.2, 0.25) is 0 Å². The van der Waals surface area contributed by atoms with Crippen molar-refractivity contribution in [2.24, 2.45) is 0 Å². The Labute approximate surface area is 154 Å².